The summed E-state index contributed by atoms with van der Waals surface area (Å²) in [6, 6.07) is 8.07. The third kappa shape index (κ3) is 1.66. The van der Waals surface area contributed by atoms with Gasteiger partial charge in [0.1, 0.15) is 0 Å². The number of fused-ring (bicyclic) bond motifs is 3. The Bertz CT molecular complexity index is 630. The van der Waals surface area contributed by atoms with Crippen LogP contribution in [0.1, 0.15) is 31.4 Å². The summed E-state index contributed by atoms with van der Waals surface area (Å²) in [5, 5.41) is 10.6. The lowest BCUT2D eigenvalue weighted by atomic mass is 9.84. The second-order valence-electron chi connectivity index (χ2n) is 6.23. The highest BCUT2D eigenvalue weighted by molar-refractivity contribution is 6.02. The van der Waals surface area contributed by atoms with Gasteiger partial charge in [-0.05, 0) is 31.9 Å². The molecule has 0 spiro atoms. The Labute approximate surface area is 119 Å². The summed E-state index contributed by atoms with van der Waals surface area (Å²) >= 11 is 0. The summed E-state index contributed by atoms with van der Waals surface area (Å²) in [6.45, 7) is 7.71. The topological polar surface area (TPSA) is 40.5 Å². The van der Waals surface area contributed by atoms with Crippen molar-refractivity contribution in [3.05, 3.63) is 54.1 Å². The molecule has 2 heterocycles. The third-order valence-electron chi connectivity index (χ3n) is 4.17. The Hall–Kier alpha value is -1.87. The molecule has 1 aromatic carbocycles. The van der Waals surface area contributed by atoms with Crippen LogP contribution in [0.15, 0.2) is 43.0 Å². The Morgan fingerprint density at radius 2 is 2.10 bits per heavy atom. The maximum atomic E-state index is 12.7. The Balaban J connectivity index is 2.20. The fourth-order valence-corrected chi connectivity index (χ4v) is 3.29. The van der Waals surface area contributed by atoms with Crippen molar-refractivity contribution in [3.63, 3.8) is 0 Å². The van der Waals surface area contributed by atoms with Crippen molar-refractivity contribution >= 4 is 11.6 Å². The molecule has 0 fully saturated rings. The van der Waals surface area contributed by atoms with E-state index in [-0.39, 0.29) is 17.9 Å². The predicted molar refractivity (Wildman–Crippen MR) is 78.8 cm³/mol. The highest BCUT2D eigenvalue weighted by atomic mass is 16.3. The average molecular weight is 269 g/mol. The van der Waals surface area contributed by atoms with Gasteiger partial charge in [-0.25, -0.2) is 0 Å². The zero-order valence-corrected chi connectivity index (χ0v) is 11.9. The van der Waals surface area contributed by atoms with Gasteiger partial charge in [0.15, 0.2) is 5.60 Å². The molecule has 0 bridgehead atoms. The summed E-state index contributed by atoms with van der Waals surface area (Å²) in [4.78, 5) is 14.4. The molecule has 3 nitrogen and oxygen atoms in total. The van der Waals surface area contributed by atoms with Crippen molar-refractivity contribution in [1.29, 1.82) is 0 Å². The van der Waals surface area contributed by atoms with Gasteiger partial charge in [0, 0.05) is 17.5 Å². The lowest BCUT2D eigenvalue weighted by Crippen LogP contribution is -2.53. The Morgan fingerprint density at radius 3 is 2.80 bits per heavy atom. The number of benzene rings is 1. The van der Waals surface area contributed by atoms with Gasteiger partial charge in [-0.1, -0.05) is 30.3 Å². The number of hydrogen-bond acceptors (Lipinski definition) is 2. The molecule has 0 saturated carbocycles. The van der Waals surface area contributed by atoms with Gasteiger partial charge in [0.25, 0.3) is 5.91 Å². The second-order valence-corrected chi connectivity index (χ2v) is 6.23. The predicted octanol–water partition coefficient (Wildman–Crippen LogP) is 2.51. The standard InChI is InChI=1S/C17H19NO2/c1-4-9-17(20)11-14-13-8-6-5-7-12(13)10-16(2,3)18(14)15(17)19/h4-8,11,20H,1,9-10H2,2-3H3. The van der Waals surface area contributed by atoms with Crippen LogP contribution in [-0.4, -0.2) is 27.1 Å². The SMILES string of the molecule is C=CCC1(O)C=C2c3ccccc3CC(C)(C)N2C1=O. The van der Waals surface area contributed by atoms with Crippen LogP contribution in [0.4, 0.5) is 0 Å². The summed E-state index contributed by atoms with van der Waals surface area (Å²) in [5.74, 6) is -0.244. The average Bonchev–Trinajstić information content (AvgIpc) is 2.63. The Morgan fingerprint density at radius 1 is 1.40 bits per heavy atom. The molecule has 1 N–H and O–H groups in total. The largest absolute Gasteiger partial charge is 0.375 e. The molecule has 0 saturated heterocycles. The fraction of sp³-hybridized carbons (Fsp3) is 0.353. The number of rotatable bonds is 2. The zero-order valence-electron chi connectivity index (χ0n) is 11.9. The number of amides is 1. The van der Waals surface area contributed by atoms with E-state index in [9.17, 15) is 9.90 Å². The summed E-state index contributed by atoms with van der Waals surface area (Å²) in [5.41, 5.74) is 1.30. The molecule has 0 radical (unpaired) electrons. The van der Waals surface area contributed by atoms with E-state index < -0.39 is 5.60 Å². The van der Waals surface area contributed by atoms with E-state index in [1.54, 1.807) is 17.1 Å². The van der Waals surface area contributed by atoms with Gasteiger partial charge in [0.05, 0.1) is 5.70 Å². The van der Waals surface area contributed by atoms with Crippen LogP contribution >= 0.6 is 0 Å². The summed E-state index contributed by atoms with van der Waals surface area (Å²) < 4.78 is 0. The minimum absolute atomic E-state index is 0.240. The van der Waals surface area contributed by atoms with Gasteiger partial charge in [-0.2, -0.15) is 0 Å². The quantitative estimate of drug-likeness (QED) is 0.838. The van der Waals surface area contributed by atoms with E-state index in [4.69, 9.17) is 0 Å². The van der Waals surface area contributed by atoms with Crippen LogP contribution in [0.3, 0.4) is 0 Å². The zero-order chi connectivity index (χ0) is 14.5. The van der Waals surface area contributed by atoms with Gasteiger partial charge in [-0.3, -0.25) is 4.79 Å². The highest BCUT2D eigenvalue weighted by Gasteiger charge is 2.51. The van der Waals surface area contributed by atoms with Crippen molar-refractivity contribution < 1.29 is 9.90 Å². The van der Waals surface area contributed by atoms with Crippen LogP contribution in [0, 0.1) is 0 Å². The molecule has 1 amide bonds. The summed E-state index contributed by atoms with van der Waals surface area (Å²) in [7, 11) is 0. The van der Waals surface area contributed by atoms with Crippen LogP contribution < -0.4 is 0 Å². The monoisotopic (exact) mass is 269 g/mol. The van der Waals surface area contributed by atoms with Gasteiger partial charge >= 0.3 is 0 Å². The molecule has 2 aliphatic heterocycles. The van der Waals surface area contributed by atoms with Crippen LogP contribution in [-0.2, 0) is 11.2 Å². The number of hydrogen-bond donors (Lipinski definition) is 1. The number of carbonyl (C=O) groups is 1. The fourth-order valence-electron chi connectivity index (χ4n) is 3.29. The summed E-state index contributed by atoms with van der Waals surface area (Å²) in [6.07, 6.45) is 4.31. The van der Waals surface area contributed by atoms with Crippen LogP contribution in [0.2, 0.25) is 0 Å². The molecule has 3 rings (SSSR count). The first-order valence-corrected chi connectivity index (χ1v) is 6.88. The molecular weight excluding hydrogens is 250 g/mol. The molecule has 1 aromatic rings. The van der Waals surface area contributed by atoms with Crippen LogP contribution in [0.25, 0.3) is 5.70 Å². The molecule has 3 heteroatoms. The smallest absolute Gasteiger partial charge is 0.263 e. The van der Waals surface area contributed by atoms with Crippen molar-refractivity contribution in [1.82, 2.24) is 4.90 Å². The number of carbonyl (C=O) groups excluding carboxylic acids is 1. The maximum Gasteiger partial charge on any atom is 0.263 e. The second kappa shape index (κ2) is 4.06. The van der Waals surface area contributed by atoms with E-state index >= 15 is 0 Å². The van der Waals surface area contributed by atoms with Gasteiger partial charge in [-0.15, -0.1) is 6.58 Å². The molecule has 0 aromatic heterocycles. The first-order chi connectivity index (χ1) is 9.39. The molecule has 20 heavy (non-hydrogen) atoms. The lowest BCUT2D eigenvalue weighted by molar-refractivity contribution is -0.144. The van der Waals surface area contributed by atoms with Crippen molar-refractivity contribution in [3.8, 4) is 0 Å². The highest BCUT2D eigenvalue weighted by Crippen LogP contribution is 2.45. The molecule has 104 valence electrons. The maximum absolute atomic E-state index is 12.7. The molecule has 1 atom stereocenters. The third-order valence-corrected chi connectivity index (χ3v) is 4.17. The van der Waals surface area contributed by atoms with Crippen molar-refractivity contribution in [2.45, 2.75) is 37.8 Å². The van der Waals surface area contributed by atoms with Crippen molar-refractivity contribution in [2.24, 2.45) is 0 Å². The van der Waals surface area contributed by atoms with Gasteiger partial charge in [0.2, 0.25) is 0 Å². The molecule has 2 aliphatic rings. The van der Waals surface area contributed by atoms with E-state index in [0.717, 1.165) is 17.7 Å². The van der Waals surface area contributed by atoms with Crippen molar-refractivity contribution in [2.75, 3.05) is 0 Å². The Kier molecular flexibility index (Phi) is 2.67. The van der Waals surface area contributed by atoms with E-state index in [1.807, 2.05) is 32.0 Å². The van der Waals surface area contributed by atoms with E-state index in [2.05, 4.69) is 12.6 Å². The van der Waals surface area contributed by atoms with E-state index in [1.165, 1.54) is 5.56 Å². The number of aliphatic hydroxyl groups is 1. The normalized spacial score (nSPS) is 26.9. The molecule has 0 aliphatic carbocycles. The van der Waals surface area contributed by atoms with Gasteiger partial charge < -0.3 is 10.0 Å². The minimum atomic E-state index is -1.45. The number of nitrogens with zero attached hydrogens (tertiary/aromatic N) is 1. The van der Waals surface area contributed by atoms with Crippen LogP contribution in [0.5, 0.6) is 0 Å². The minimum Gasteiger partial charge on any atom is -0.375 e. The molecule has 1 unspecified atom stereocenters. The first-order valence-electron chi connectivity index (χ1n) is 6.88. The lowest BCUT2D eigenvalue weighted by Gasteiger charge is -2.43. The molecular formula is C17H19NO2. The first kappa shape index (κ1) is 13.1. The van der Waals surface area contributed by atoms with E-state index in [0.29, 0.717) is 0 Å².